The zero-order valence-corrected chi connectivity index (χ0v) is 20.6. The standard InChI is InChI=1S/C17H18F9NO7S3/c18-14(19,15(20,21)36(30,31)27-10-35(28,29)17(24,25)26)16(22,23)37(32,33)34-13-8-6-12(7-9-13)11-4-2-1-3-5-11/h6-9,11,27H,1-5,10H2. The number of sulfonamides is 1. The summed E-state index contributed by atoms with van der Waals surface area (Å²) in [4.78, 5) is 0. The summed E-state index contributed by atoms with van der Waals surface area (Å²) in [6, 6.07) is 3.99. The highest BCUT2D eigenvalue weighted by Gasteiger charge is 2.83. The van der Waals surface area contributed by atoms with E-state index >= 15 is 0 Å². The molecule has 0 amide bonds. The highest BCUT2D eigenvalue weighted by molar-refractivity contribution is 7.95. The molecule has 37 heavy (non-hydrogen) atoms. The third kappa shape index (κ3) is 5.95. The molecule has 8 nitrogen and oxygen atoms in total. The van der Waals surface area contributed by atoms with Crippen molar-refractivity contribution < 1.29 is 69.0 Å². The van der Waals surface area contributed by atoms with Gasteiger partial charge in [-0.15, -0.1) is 0 Å². The lowest BCUT2D eigenvalue weighted by Gasteiger charge is -2.31. The average molecular weight is 616 g/mol. The van der Waals surface area contributed by atoms with Gasteiger partial charge in [0.25, 0.3) is 19.9 Å². The molecule has 1 aromatic rings. The number of hydrogen-bond acceptors (Lipinski definition) is 7. The van der Waals surface area contributed by atoms with Crippen LogP contribution >= 0.6 is 0 Å². The molecule has 0 bridgehead atoms. The van der Waals surface area contributed by atoms with E-state index in [1.807, 2.05) is 0 Å². The fourth-order valence-electron chi connectivity index (χ4n) is 3.23. The summed E-state index contributed by atoms with van der Waals surface area (Å²) in [6.07, 6.45) is 4.25. The molecule has 1 aliphatic rings. The third-order valence-corrected chi connectivity index (χ3v) is 9.50. The van der Waals surface area contributed by atoms with Gasteiger partial charge in [0.1, 0.15) is 11.6 Å². The monoisotopic (exact) mass is 615 g/mol. The second-order valence-electron chi connectivity index (χ2n) is 7.90. The molecule has 1 saturated carbocycles. The first-order valence-corrected chi connectivity index (χ1v) is 14.5. The smallest absolute Gasteiger partial charge is 0.378 e. The van der Waals surface area contributed by atoms with E-state index in [9.17, 15) is 64.8 Å². The number of alkyl halides is 9. The zero-order valence-electron chi connectivity index (χ0n) is 18.1. The largest absolute Gasteiger partial charge is 0.498 e. The van der Waals surface area contributed by atoms with Crippen LogP contribution in [0.3, 0.4) is 0 Å². The van der Waals surface area contributed by atoms with E-state index in [0.29, 0.717) is 5.56 Å². The second-order valence-corrected chi connectivity index (χ2v) is 13.3. The maximum atomic E-state index is 14.2. The Hall–Kier alpha value is -1.80. The molecule has 0 unspecified atom stereocenters. The second kappa shape index (κ2) is 10.1. The Morgan fingerprint density at radius 3 is 1.70 bits per heavy atom. The molecule has 0 saturated heterocycles. The molecule has 2 rings (SSSR count). The van der Waals surface area contributed by atoms with Crippen molar-refractivity contribution in [3.8, 4) is 5.75 Å². The Balaban J connectivity index is 2.30. The first-order chi connectivity index (χ1) is 16.5. The number of benzene rings is 1. The van der Waals surface area contributed by atoms with Crippen LogP contribution in [-0.2, 0) is 30.0 Å². The summed E-state index contributed by atoms with van der Waals surface area (Å²) in [5.74, 6) is -11.3. The third-order valence-electron chi connectivity index (χ3n) is 5.34. The van der Waals surface area contributed by atoms with Crippen molar-refractivity contribution in [1.82, 2.24) is 4.72 Å². The molecule has 1 fully saturated rings. The van der Waals surface area contributed by atoms with E-state index < -0.39 is 63.5 Å². The van der Waals surface area contributed by atoms with Crippen molar-refractivity contribution in [2.75, 3.05) is 5.88 Å². The fourth-order valence-corrected chi connectivity index (χ4v) is 6.26. The Bertz CT molecular complexity index is 1290. The molecular formula is C17H18F9NO7S3. The molecule has 214 valence electrons. The first-order valence-electron chi connectivity index (χ1n) is 9.96. The molecule has 0 radical (unpaired) electrons. The molecular weight excluding hydrogens is 597 g/mol. The minimum Gasteiger partial charge on any atom is -0.378 e. The summed E-state index contributed by atoms with van der Waals surface area (Å²) in [6.45, 7) is 0. The van der Waals surface area contributed by atoms with Crippen molar-refractivity contribution in [1.29, 1.82) is 0 Å². The average Bonchev–Trinajstić information content (AvgIpc) is 2.77. The van der Waals surface area contributed by atoms with Crippen molar-refractivity contribution >= 4 is 30.0 Å². The minimum absolute atomic E-state index is 0.0303. The van der Waals surface area contributed by atoms with Gasteiger partial charge < -0.3 is 4.18 Å². The van der Waals surface area contributed by atoms with Gasteiger partial charge in [-0.05, 0) is 36.5 Å². The van der Waals surface area contributed by atoms with Crippen LogP contribution in [0.2, 0.25) is 0 Å². The van der Waals surface area contributed by atoms with Gasteiger partial charge >= 0.3 is 32.1 Å². The highest BCUT2D eigenvalue weighted by atomic mass is 32.2. The Labute approximate surface area is 205 Å². The van der Waals surface area contributed by atoms with Gasteiger partial charge in [-0.25, -0.2) is 16.8 Å². The van der Waals surface area contributed by atoms with E-state index in [2.05, 4.69) is 4.18 Å². The zero-order chi connectivity index (χ0) is 28.7. The maximum absolute atomic E-state index is 14.2. The predicted molar refractivity (Wildman–Crippen MR) is 109 cm³/mol. The van der Waals surface area contributed by atoms with Gasteiger partial charge in [-0.2, -0.15) is 52.7 Å². The predicted octanol–water partition coefficient (Wildman–Crippen LogP) is 4.08. The number of sulfone groups is 1. The first kappa shape index (κ1) is 31.4. The van der Waals surface area contributed by atoms with Gasteiger partial charge in [0, 0.05) is 0 Å². The van der Waals surface area contributed by atoms with Crippen LogP contribution in [0.5, 0.6) is 5.75 Å². The van der Waals surface area contributed by atoms with Crippen LogP contribution in [0.15, 0.2) is 24.3 Å². The highest BCUT2D eigenvalue weighted by Crippen LogP contribution is 2.51. The van der Waals surface area contributed by atoms with Gasteiger partial charge in [-0.1, -0.05) is 31.4 Å². The molecule has 1 aliphatic carbocycles. The summed E-state index contributed by atoms with van der Waals surface area (Å²) < 4.78 is 193. The SMILES string of the molecule is O=S(=O)(CNS(=O)(=O)C(F)(F)C(F)(F)C(F)(F)S(=O)(=O)Oc1ccc(C2CCCCC2)cc1)C(F)(F)F. The van der Waals surface area contributed by atoms with Crippen LogP contribution in [0.1, 0.15) is 43.6 Å². The molecule has 0 heterocycles. The molecule has 20 heteroatoms. The molecule has 0 spiro atoms. The lowest BCUT2D eigenvalue weighted by Crippen LogP contribution is -2.63. The van der Waals surface area contributed by atoms with Crippen LogP contribution in [0.4, 0.5) is 39.5 Å². The number of nitrogens with one attached hydrogen (secondary N) is 1. The Morgan fingerprint density at radius 1 is 0.757 bits per heavy atom. The molecule has 0 aromatic heterocycles. The number of rotatable bonds is 10. The van der Waals surface area contributed by atoms with Crippen molar-refractivity contribution in [3.05, 3.63) is 29.8 Å². The van der Waals surface area contributed by atoms with Crippen LogP contribution in [0.25, 0.3) is 0 Å². The molecule has 0 aliphatic heterocycles. The molecule has 1 N–H and O–H groups in total. The van der Waals surface area contributed by atoms with E-state index in [0.717, 1.165) is 44.2 Å². The summed E-state index contributed by atoms with van der Waals surface area (Å²) in [5.41, 5.74) is -5.61. The number of hydrogen-bond donors (Lipinski definition) is 1. The van der Waals surface area contributed by atoms with Gasteiger partial charge in [-0.3, -0.25) is 0 Å². The van der Waals surface area contributed by atoms with Crippen molar-refractivity contribution in [2.45, 2.75) is 60.0 Å². The topological polar surface area (TPSA) is 124 Å². The lowest BCUT2D eigenvalue weighted by atomic mass is 9.84. The minimum atomic E-state index is -7.37. The molecule has 1 aromatic carbocycles. The summed E-state index contributed by atoms with van der Waals surface area (Å²) in [5, 5.41) is -14.1. The Morgan fingerprint density at radius 2 is 1.24 bits per heavy atom. The normalized spacial score (nSPS) is 17.5. The van der Waals surface area contributed by atoms with E-state index in [1.165, 1.54) is 12.1 Å². The Kier molecular flexibility index (Phi) is 8.55. The maximum Gasteiger partial charge on any atom is 0.498 e. The molecule has 0 atom stereocenters. The summed E-state index contributed by atoms with van der Waals surface area (Å²) in [7, 11) is -21.0. The van der Waals surface area contributed by atoms with Crippen molar-refractivity contribution in [3.63, 3.8) is 0 Å². The van der Waals surface area contributed by atoms with E-state index in [-0.39, 0.29) is 10.6 Å². The number of halogens is 9. The summed E-state index contributed by atoms with van der Waals surface area (Å²) >= 11 is 0. The van der Waals surface area contributed by atoms with E-state index in [4.69, 9.17) is 0 Å². The van der Waals surface area contributed by atoms with Crippen LogP contribution < -0.4 is 8.91 Å². The quantitative estimate of drug-likeness (QED) is 0.311. The van der Waals surface area contributed by atoms with Crippen LogP contribution in [0, 0.1) is 0 Å². The van der Waals surface area contributed by atoms with Crippen molar-refractivity contribution in [2.24, 2.45) is 0 Å². The lowest BCUT2D eigenvalue weighted by molar-refractivity contribution is -0.245. The van der Waals surface area contributed by atoms with Gasteiger partial charge in [0.2, 0.25) is 0 Å². The van der Waals surface area contributed by atoms with Gasteiger partial charge in [0.15, 0.2) is 0 Å². The van der Waals surface area contributed by atoms with E-state index in [1.54, 1.807) is 0 Å². The fraction of sp³-hybridized carbons (Fsp3) is 0.647. The van der Waals surface area contributed by atoms with Crippen LogP contribution in [-0.4, -0.2) is 53.1 Å². The van der Waals surface area contributed by atoms with Gasteiger partial charge in [0.05, 0.1) is 0 Å².